The molecule has 0 spiro atoms. The van der Waals surface area contributed by atoms with Crippen LogP contribution in [0.15, 0.2) is 97.1 Å². The molecule has 7 rings (SSSR count). The van der Waals surface area contributed by atoms with E-state index in [1.54, 1.807) is 36.3 Å². The molecule has 2 unspecified atom stereocenters. The zero-order valence-corrected chi connectivity index (χ0v) is 24.7. The molecule has 1 aromatic heterocycles. The molecule has 3 heterocycles. The number of imide groups is 1. The fourth-order valence-corrected chi connectivity index (χ4v) is 6.44. The number of ether oxygens (including phenoxy) is 1. The van der Waals surface area contributed by atoms with Crippen molar-refractivity contribution in [1.29, 1.82) is 0 Å². The second-order valence-electron chi connectivity index (χ2n) is 11.6. The van der Waals surface area contributed by atoms with Crippen LogP contribution in [-0.4, -0.2) is 40.9 Å². The van der Waals surface area contributed by atoms with E-state index in [1.807, 2.05) is 72.8 Å². The van der Waals surface area contributed by atoms with Crippen molar-refractivity contribution < 1.29 is 19.1 Å². The molecule has 2 atom stereocenters. The molecule has 1 saturated heterocycles. The molecule has 4 amide bonds. The average Bonchev–Trinajstić information content (AvgIpc) is 3.54. The summed E-state index contributed by atoms with van der Waals surface area (Å²) in [6.45, 7) is 4.22. The van der Waals surface area contributed by atoms with Gasteiger partial charge in [0.05, 0.1) is 18.4 Å². The number of methoxy groups -OCH3 is 1. The van der Waals surface area contributed by atoms with Gasteiger partial charge in [-0.3, -0.25) is 14.5 Å². The zero-order valence-electron chi connectivity index (χ0n) is 24.7. The van der Waals surface area contributed by atoms with Gasteiger partial charge in [-0.2, -0.15) is 0 Å². The number of fused-ring (bicyclic) bond motifs is 4. The molecule has 0 saturated carbocycles. The van der Waals surface area contributed by atoms with Crippen molar-refractivity contribution in [3.05, 3.63) is 125 Å². The maximum Gasteiger partial charge on any atom is 0.332 e. The molecule has 8 nitrogen and oxygen atoms in total. The Morgan fingerprint density at radius 1 is 0.909 bits per heavy atom. The van der Waals surface area contributed by atoms with E-state index in [-0.39, 0.29) is 17.2 Å². The second-order valence-corrected chi connectivity index (χ2v) is 11.6. The SMILES string of the molecule is COc1ccc(C2c3[nH]c4ccccc4c3CC3C(=O)N(c4ccccc4C(=O)Nc4ccc(C(C)C)cc4)C(=O)N32)cc1. The summed E-state index contributed by atoms with van der Waals surface area (Å²) in [6.07, 6.45) is 0.365. The van der Waals surface area contributed by atoms with Gasteiger partial charge < -0.3 is 15.0 Å². The van der Waals surface area contributed by atoms with Crippen molar-refractivity contribution in [2.24, 2.45) is 0 Å². The number of urea groups is 1. The van der Waals surface area contributed by atoms with Crippen LogP contribution in [0.1, 0.15) is 58.5 Å². The van der Waals surface area contributed by atoms with E-state index < -0.39 is 24.0 Å². The summed E-state index contributed by atoms with van der Waals surface area (Å²) in [4.78, 5) is 48.6. The van der Waals surface area contributed by atoms with Gasteiger partial charge in [0, 0.05) is 28.7 Å². The third-order valence-corrected chi connectivity index (χ3v) is 8.71. The van der Waals surface area contributed by atoms with Gasteiger partial charge in [-0.05, 0) is 65.1 Å². The van der Waals surface area contributed by atoms with Gasteiger partial charge in [-0.1, -0.05) is 68.4 Å². The minimum absolute atomic E-state index is 0.243. The van der Waals surface area contributed by atoms with Crippen LogP contribution in [0, 0.1) is 0 Å². The fraction of sp³-hybridized carbons (Fsp3) is 0.194. The van der Waals surface area contributed by atoms with Crippen molar-refractivity contribution in [3.63, 3.8) is 0 Å². The highest BCUT2D eigenvalue weighted by Gasteiger charge is 2.53. The van der Waals surface area contributed by atoms with Gasteiger partial charge in [0.2, 0.25) is 0 Å². The van der Waals surface area contributed by atoms with Gasteiger partial charge >= 0.3 is 6.03 Å². The molecule has 0 bridgehead atoms. The number of nitrogens with one attached hydrogen (secondary N) is 2. The number of para-hydroxylation sites is 2. The lowest BCUT2D eigenvalue weighted by Gasteiger charge is -2.36. The predicted molar refractivity (Wildman–Crippen MR) is 170 cm³/mol. The van der Waals surface area contributed by atoms with Crippen molar-refractivity contribution in [3.8, 4) is 5.75 Å². The number of aromatic nitrogens is 1. The Kier molecular flexibility index (Phi) is 6.69. The Morgan fingerprint density at radius 3 is 2.34 bits per heavy atom. The van der Waals surface area contributed by atoms with Crippen LogP contribution in [-0.2, 0) is 11.2 Å². The van der Waals surface area contributed by atoms with E-state index in [9.17, 15) is 14.4 Å². The van der Waals surface area contributed by atoms with E-state index in [2.05, 4.69) is 24.1 Å². The molecule has 2 aliphatic heterocycles. The summed E-state index contributed by atoms with van der Waals surface area (Å²) in [5.74, 6) is 0.312. The van der Waals surface area contributed by atoms with Crippen LogP contribution >= 0.6 is 0 Å². The first-order valence-corrected chi connectivity index (χ1v) is 14.8. The standard InChI is InChI=1S/C36H32N4O4/c1-21(2)22-12-16-24(17-13-22)37-34(41)27-9-5-7-11-30(27)40-35(42)31-20-28-26-8-4-6-10-29(26)38-32(28)33(39(31)36(40)43)23-14-18-25(44-3)19-15-23/h4-19,21,31,33,38H,20H2,1-3H3,(H,37,41). The Bertz CT molecular complexity index is 1910. The van der Waals surface area contributed by atoms with Crippen molar-refractivity contribution >= 4 is 40.1 Å². The minimum Gasteiger partial charge on any atom is -0.497 e. The fourth-order valence-electron chi connectivity index (χ4n) is 6.44. The lowest BCUT2D eigenvalue weighted by atomic mass is 9.89. The molecule has 2 N–H and O–H groups in total. The Hall–Kier alpha value is -5.37. The molecule has 8 heteroatoms. The van der Waals surface area contributed by atoms with E-state index in [0.717, 1.165) is 33.3 Å². The Labute approximate surface area is 255 Å². The molecular formula is C36H32N4O4. The highest BCUT2D eigenvalue weighted by Crippen LogP contribution is 2.45. The number of aromatic amines is 1. The molecule has 5 aromatic rings. The third-order valence-electron chi connectivity index (χ3n) is 8.71. The van der Waals surface area contributed by atoms with Crippen molar-refractivity contribution in [1.82, 2.24) is 9.88 Å². The number of H-pyrrole nitrogens is 1. The molecule has 4 aromatic carbocycles. The average molecular weight is 585 g/mol. The summed E-state index contributed by atoms with van der Waals surface area (Å²) in [7, 11) is 1.61. The number of hydrogen-bond donors (Lipinski definition) is 2. The quantitative estimate of drug-likeness (QED) is 0.210. The summed E-state index contributed by atoms with van der Waals surface area (Å²) in [6, 6.07) is 28.3. The maximum absolute atomic E-state index is 14.4. The number of amides is 4. The number of rotatable bonds is 6. The summed E-state index contributed by atoms with van der Waals surface area (Å²) < 4.78 is 5.38. The topological polar surface area (TPSA) is 94.7 Å². The van der Waals surface area contributed by atoms with Gasteiger partial charge in [0.25, 0.3) is 11.8 Å². The van der Waals surface area contributed by atoms with E-state index >= 15 is 0 Å². The minimum atomic E-state index is -0.735. The van der Waals surface area contributed by atoms with Crippen LogP contribution in [0.25, 0.3) is 10.9 Å². The highest BCUT2D eigenvalue weighted by atomic mass is 16.5. The number of carbonyl (C=O) groups is 3. The highest BCUT2D eigenvalue weighted by molar-refractivity contribution is 6.24. The van der Waals surface area contributed by atoms with Crippen LogP contribution in [0.2, 0.25) is 0 Å². The van der Waals surface area contributed by atoms with E-state index in [1.165, 1.54) is 4.90 Å². The van der Waals surface area contributed by atoms with Crippen molar-refractivity contribution in [2.45, 2.75) is 38.3 Å². The second kappa shape index (κ2) is 10.7. The normalized spacial score (nSPS) is 17.6. The Balaban J connectivity index is 1.28. The molecular weight excluding hydrogens is 552 g/mol. The van der Waals surface area contributed by atoms with Gasteiger partial charge in [0.15, 0.2) is 0 Å². The van der Waals surface area contributed by atoms with E-state index in [4.69, 9.17) is 4.74 Å². The summed E-state index contributed by atoms with van der Waals surface area (Å²) >= 11 is 0. The number of hydrogen-bond acceptors (Lipinski definition) is 4. The number of carbonyl (C=O) groups excluding carboxylic acids is 3. The van der Waals surface area contributed by atoms with Gasteiger partial charge in [-0.25, -0.2) is 9.69 Å². The maximum atomic E-state index is 14.4. The molecule has 220 valence electrons. The van der Waals surface area contributed by atoms with Crippen LogP contribution < -0.4 is 15.0 Å². The smallest absolute Gasteiger partial charge is 0.332 e. The first-order valence-electron chi connectivity index (χ1n) is 14.8. The molecule has 0 aliphatic carbocycles. The largest absolute Gasteiger partial charge is 0.497 e. The van der Waals surface area contributed by atoms with E-state index in [0.29, 0.717) is 23.8 Å². The summed E-state index contributed by atoms with van der Waals surface area (Å²) in [5, 5.41) is 3.97. The Morgan fingerprint density at radius 2 is 1.61 bits per heavy atom. The summed E-state index contributed by atoms with van der Waals surface area (Å²) in [5.41, 5.74) is 6.00. The lowest BCUT2D eigenvalue weighted by Crippen LogP contribution is -2.44. The molecule has 0 radical (unpaired) electrons. The molecule has 44 heavy (non-hydrogen) atoms. The number of anilines is 2. The predicted octanol–water partition coefficient (Wildman–Crippen LogP) is 7.04. The molecule has 2 aliphatic rings. The van der Waals surface area contributed by atoms with Gasteiger partial charge in [-0.15, -0.1) is 0 Å². The van der Waals surface area contributed by atoms with Crippen LogP contribution in [0.4, 0.5) is 16.2 Å². The van der Waals surface area contributed by atoms with Crippen molar-refractivity contribution in [2.75, 3.05) is 17.3 Å². The first-order chi connectivity index (χ1) is 21.4. The third kappa shape index (κ3) is 4.41. The van der Waals surface area contributed by atoms with Gasteiger partial charge in [0.1, 0.15) is 17.8 Å². The van der Waals surface area contributed by atoms with Crippen LogP contribution in [0.5, 0.6) is 5.75 Å². The number of nitrogens with zero attached hydrogens (tertiary/aromatic N) is 2. The zero-order chi connectivity index (χ0) is 30.5. The van der Waals surface area contributed by atoms with Crippen LogP contribution in [0.3, 0.4) is 0 Å². The monoisotopic (exact) mass is 584 g/mol. The molecule has 1 fully saturated rings. The number of benzene rings is 4. The first kappa shape index (κ1) is 27.5. The lowest BCUT2D eigenvalue weighted by molar-refractivity contribution is -0.120.